The Balaban J connectivity index is 1.07. The SMILES string of the molecule is O=C(c1cnc(NC2Cc3ccccc3C2)nc1)N1CCC(COCc2cn[nH]n2)CC1. The summed E-state index contributed by atoms with van der Waals surface area (Å²) in [6, 6.07) is 8.79. The highest BCUT2D eigenvalue weighted by Gasteiger charge is 2.25. The molecule has 0 radical (unpaired) electrons. The molecule has 32 heavy (non-hydrogen) atoms. The average molecular weight is 434 g/mol. The van der Waals surface area contributed by atoms with Crippen molar-refractivity contribution in [2.24, 2.45) is 5.92 Å². The Morgan fingerprint density at radius 2 is 1.81 bits per heavy atom. The highest BCUT2D eigenvalue weighted by atomic mass is 16.5. The predicted octanol–water partition coefficient (Wildman–Crippen LogP) is 2.24. The summed E-state index contributed by atoms with van der Waals surface area (Å²) in [5.41, 5.74) is 4.09. The molecule has 1 aromatic carbocycles. The number of carbonyl (C=O) groups is 1. The number of H-pyrrole nitrogens is 1. The van der Waals surface area contributed by atoms with E-state index in [0.717, 1.165) is 44.5 Å². The summed E-state index contributed by atoms with van der Waals surface area (Å²) < 4.78 is 5.73. The monoisotopic (exact) mass is 433 g/mol. The van der Waals surface area contributed by atoms with Gasteiger partial charge in [0.05, 0.1) is 25.0 Å². The number of rotatable bonds is 7. The fraction of sp³-hybridized carbons (Fsp3) is 0.435. The van der Waals surface area contributed by atoms with Gasteiger partial charge >= 0.3 is 0 Å². The summed E-state index contributed by atoms with van der Waals surface area (Å²) in [7, 11) is 0. The standard InChI is InChI=1S/C23H27N7O2/c31-22(30-7-5-16(6-8-30)14-32-15-21-13-26-29-28-21)19-11-24-23(25-12-19)27-20-9-17-3-1-2-4-18(17)10-20/h1-4,11-13,16,20H,5-10,14-15H2,(H,24,25,27)(H,26,28,29). The predicted molar refractivity (Wildman–Crippen MR) is 118 cm³/mol. The molecule has 1 aliphatic carbocycles. The van der Waals surface area contributed by atoms with Crippen LogP contribution in [0.5, 0.6) is 0 Å². The van der Waals surface area contributed by atoms with Gasteiger partial charge in [-0.05, 0) is 42.7 Å². The van der Waals surface area contributed by atoms with Crippen LogP contribution in [0.25, 0.3) is 0 Å². The fourth-order valence-corrected chi connectivity index (χ4v) is 4.47. The molecular formula is C23H27N7O2. The molecule has 2 aromatic heterocycles. The normalized spacial score (nSPS) is 16.8. The number of ether oxygens (including phenoxy) is 1. The van der Waals surface area contributed by atoms with Crippen molar-refractivity contribution in [3.63, 3.8) is 0 Å². The van der Waals surface area contributed by atoms with Crippen molar-refractivity contribution in [2.75, 3.05) is 25.0 Å². The lowest BCUT2D eigenvalue weighted by Crippen LogP contribution is -2.39. The van der Waals surface area contributed by atoms with Gasteiger partial charge in [-0.3, -0.25) is 4.79 Å². The molecule has 1 aliphatic heterocycles. The number of aromatic nitrogens is 5. The molecule has 0 spiro atoms. The molecule has 0 unspecified atom stereocenters. The molecule has 0 atom stereocenters. The third kappa shape index (κ3) is 4.77. The minimum Gasteiger partial charge on any atom is -0.375 e. The lowest BCUT2D eigenvalue weighted by Gasteiger charge is -2.31. The van der Waals surface area contributed by atoms with Crippen LogP contribution in [0.3, 0.4) is 0 Å². The maximum Gasteiger partial charge on any atom is 0.256 e. The van der Waals surface area contributed by atoms with Gasteiger partial charge in [-0.2, -0.15) is 15.4 Å². The van der Waals surface area contributed by atoms with Crippen LogP contribution in [0.4, 0.5) is 5.95 Å². The highest BCUT2D eigenvalue weighted by molar-refractivity contribution is 5.93. The summed E-state index contributed by atoms with van der Waals surface area (Å²) in [6.07, 6.45) is 8.71. The quantitative estimate of drug-likeness (QED) is 0.588. The van der Waals surface area contributed by atoms with Gasteiger partial charge in [0.1, 0.15) is 5.69 Å². The average Bonchev–Trinajstić information content (AvgIpc) is 3.49. The van der Waals surface area contributed by atoms with E-state index in [2.05, 4.69) is 55.0 Å². The number of piperidine rings is 1. The van der Waals surface area contributed by atoms with Crippen molar-refractivity contribution in [2.45, 2.75) is 38.3 Å². The van der Waals surface area contributed by atoms with Crippen LogP contribution < -0.4 is 5.32 Å². The van der Waals surface area contributed by atoms with Crippen LogP contribution in [0.1, 0.15) is 40.0 Å². The number of anilines is 1. The Bertz CT molecular complexity index is 1010. The number of amides is 1. The first-order valence-electron chi connectivity index (χ1n) is 11.1. The van der Waals surface area contributed by atoms with E-state index in [-0.39, 0.29) is 5.91 Å². The fourth-order valence-electron chi connectivity index (χ4n) is 4.47. The Morgan fingerprint density at radius 3 is 2.47 bits per heavy atom. The molecule has 0 saturated carbocycles. The van der Waals surface area contributed by atoms with E-state index < -0.39 is 0 Å². The van der Waals surface area contributed by atoms with Crippen LogP contribution in [0, 0.1) is 5.92 Å². The van der Waals surface area contributed by atoms with Gasteiger partial charge in [0.2, 0.25) is 5.95 Å². The van der Waals surface area contributed by atoms with E-state index in [9.17, 15) is 4.79 Å². The van der Waals surface area contributed by atoms with Crippen molar-refractivity contribution in [1.82, 2.24) is 30.3 Å². The van der Waals surface area contributed by atoms with Gasteiger partial charge in [-0.15, -0.1) is 0 Å². The highest BCUT2D eigenvalue weighted by Crippen LogP contribution is 2.24. The minimum atomic E-state index is -0.00760. The van der Waals surface area contributed by atoms with Gasteiger partial charge in [-0.25, -0.2) is 9.97 Å². The number of nitrogens with zero attached hydrogens (tertiary/aromatic N) is 5. The first-order valence-corrected chi connectivity index (χ1v) is 11.1. The summed E-state index contributed by atoms with van der Waals surface area (Å²) in [5.74, 6) is 1.01. The van der Waals surface area contributed by atoms with E-state index in [4.69, 9.17) is 4.74 Å². The third-order valence-corrected chi connectivity index (χ3v) is 6.25. The third-order valence-electron chi connectivity index (χ3n) is 6.25. The molecule has 1 fully saturated rings. The largest absolute Gasteiger partial charge is 0.375 e. The number of aromatic amines is 1. The maximum atomic E-state index is 12.9. The lowest BCUT2D eigenvalue weighted by atomic mass is 9.97. The van der Waals surface area contributed by atoms with E-state index in [1.807, 2.05) is 4.90 Å². The molecule has 1 saturated heterocycles. The summed E-state index contributed by atoms with van der Waals surface area (Å²) >= 11 is 0. The first-order chi connectivity index (χ1) is 15.7. The molecule has 5 rings (SSSR count). The van der Waals surface area contributed by atoms with Gasteiger partial charge in [-0.1, -0.05) is 24.3 Å². The van der Waals surface area contributed by atoms with Crippen LogP contribution in [-0.4, -0.2) is 61.9 Å². The summed E-state index contributed by atoms with van der Waals surface area (Å²) in [5, 5.41) is 13.7. The second-order valence-corrected chi connectivity index (χ2v) is 8.53. The smallest absolute Gasteiger partial charge is 0.256 e. The molecule has 3 heterocycles. The van der Waals surface area contributed by atoms with Gasteiger partial charge < -0.3 is 15.0 Å². The number of hydrogen-bond acceptors (Lipinski definition) is 7. The second-order valence-electron chi connectivity index (χ2n) is 8.53. The number of hydrogen-bond donors (Lipinski definition) is 2. The molecule has 2 aliphatic rings. The second kappa shape index (κ2) is 9.44. The molecule has 3 aromatic rings. The maximum absolute atomic E-state index is 12.9. The number of benzene rings is 1. The first kappa shape index (κ1) is 20.6. The number of nitrogens with one attached hydrogen (secondary N) is 2. The molecule has 9 nitrogen and oxygen atoms in total. The number of fused-ring (bicyclic) bond motifs is 1. The molecular weight excluding hydrogens is 406 g/mol. The zero-order valence-corrected chi connectivity index (χ0v) is 17.9. The van der Waals surface area contributed by atoms with Crippen LogP contribution in [0.2, 0.25) is 0 Å². The van der Waals surface area contributed by atoms with E-state index in [1.54, 1.807) is 18.6 Å². The lowest BCUT2D eigenvalue weighted by molar-refractivity contribution is 0.0470. The topological polar surface area (TPSA) is 109 Å². The van der Waals surface area contributed by atoms with Crippen LogP contribution >= 0.6 is 0 Å². The van der Waals surface area contributed by atoms with E-state index in [0.29, 0.717) is 36.7 Å². The summed E-state index contributed by atoms with van der Waals surface area (Å²) in [4.78, 5) is 23.5. The van der Waals surface area contributed by atoms with Crippen molar-refractivity contribution in [3.05, 3.63) is 65.2 Å². The number of likely N-dealkylation sites (tertiary alicyclic amines) is 1. The van der Waals surface area contributed by atoms with Crippen molar-refractivity contribution < 1.29 is 9.53 Å². The van der Waals surface area contributed by atoms with Crippen LogP contribution in [-0.2, 0) is 24.2 Å². The zero-order valence-electron chi connectivity index (χ0n) is 17.9. The Labute approximate surface area is 186 Å². The Morgan fingerprint density at radius 1 is 1.09 bits per heavy atom. The molecule has 2 N–H and O–H groups in total. The molecule has 9 heteroatoms. The summed E-state index contributed by atoms with van der Waals surface area (Å²) in [6.45, 7) is 2.57. The Kier molecular flexibility index (Phi) is 6.06. The Hall–Kier alpha value is -3.33. The molecule has 166 valence electrons. The van der Waals surface area contributed by atoms with Gasteiger partial charge in [0.15, 0.2) is 0 Å². The van der Waals surface area contributed by atoms with E-state index >= 15 is 0 Å². The molecule has 0 bridgehead atoms. The van der Waals surface area contributed by atoms with Gasteiger partial charge in [0, 0.05) is 31.5 Å². The van der Waals surface area contributed by atoms with Crippen molar-refractivity contribution >= 4 is 11.9 Å². The molecule has 1 amide bonds. The number of carbonyl (C=O) groups excluding carboxylic acids is 1. The zero-order chi connectivity index (χ0) is 21.8. The minimum absolute atomic E-state index is 0.00760. The van der Waals surface area contributed by atoms with Gasteiger partial charge in [0.25, 0.3) is 5.91 Å². The van der Waals surface area contributed by atoms with E-state index in [1.165, 1.54) is 11.1 Å². The van der Waals surface area contributed by atoms with Crippen molar-refractivity contribution in [3.8, 4) is 0 Å². The van der Waals surface area contributed by atoms with Crippen molar-refractivity contribution in [1.29, 1.82) is 0 Å². The van der Waals surface area contributed by atoms with Crippen LogP contribution in [0.15, 0.2) is 42.9 Å².